The number of nitrogens with zero attached hydrogens (tertiary/aromatic N) is 1. The molecular formula is C29H44N4O6S. The number of aliphatic hydroxyl groups is 1. The third-order valence-electron chi connectivity index (χ3n) is 6.55. The number of rotatable bonds is 17. The molecule has 0 radical (unpaired) electrons. The van der Waals surface area contributed by atoms with Gasteiger partial charge in [0.25, 0.3) is 0 Å². The summed E-state index contributed by atoms with van der Waals surface area (Å²) >= 11 is 0. The number of ether oxygens (including phenoxy) is 1. The van der Waals surface area contributed by atoms with Crippen LogP contribution in [0.25, 0.3) is 0 Å². The summed E-state index contributed by atoms with van der Waals surface area (Å²) in [7, 11) is -0.675. The minimum Gasteiger partial charge on any atom is -0.497 e. The van der Waals surface area contributed by atoms with Crippen molar-refractivity contribution < 1.29 is 27.9 Å². The number of nitrogens with one attached hydrogen (secondary N) is 2. The van der Waals surface area contributed by atoms with Crippen molar-refractivity contribution >= 4 is 21.7 Å². The van der Waals surface area contributed by atoms with Crippen molar-refractivity contribution in [2.45, 2.75) is 51.8 Å². The third kappa shape index (κ3) is 12.0. The first-order valence-corrected chi connectivity index (χ1v) is 15.3. The van der Waals surface area contributed by atoms with Crippen LogP contribution in [-0.2, 0) is 32.4 Å². The van der Waals surface area contributed by atoms with Crippen molar-refractivity contribution in [3.63, 3.8) is 0 Å². The molecular weight excluding hydrogens is 532 g/mol. The van der Waals surface area contributed by atoms with Crippen LogP contribution in [0.1, 0.15) is 37.8 Å². The summed E-state index contributed by atoms with van der Waals surface area (Å²) in [5.74, 6) is 3.59. The van der Waals surface area contributed by atoms with Crippen LogP contribution in [0.5, 0.6) is 5.75 Å². The molecule has 0 spiro atoms. The van der Waals surface area contributed by atoms with Crippen molar-refractivity contribution in [1.82, 2.24) is 15.6 Å². The van der Waals surface area contributed by atoms with Crippen molar-refractivity contribution in [3.05, 3.63) is 65.7 Å². The highest BCUT2D eigenvalue weighted by molar-refractivity contribution is 7.91. The highest BCUT2D eigenvalue weighted by Crippen LogP contribution is 2.15. The van der Waals surface area contributed by atoms with E-state index >= 15 is 0 Å². The summed E-state index contributed by atoms with van der Waals surface area (Å²) in [5, 5.41) is 18.0. The van der Waals surface area contributed by atoms with Gasteiger partial charge in [0.2, 0.25) is 11.8 Å². The molecule has 222 valence electrons. The van der Waals surface area contributed by atoms with E-state index in [1.54, 1.807) is 7.11 Å². The Morgan fingerprint density at radius 1 is 1.07 bits per heavy atom. The van der Waals surface area contributed by atoms with E-state index in [0.29, 0.717) is 19.4 Å². The van der Waals surface area contributed by atoms with Crippen molar-refractivity contribution in [3.8, 4) is 5.75 Å². The number of methoxy groups -OCH3 is 1. The van der Waals surface area contributed by atoms with Gasteiger partial charge in [-0.3, -0.25) is 14.6 Å². The van der Waals surface area contributed by atoms with E-state index in [1.165, 1.54) is 7.05 Å². The van der Waals surface area contributed by atoms with E-state index in [9.17, 15) is 23.1 Å². The van der Waals surface area contributed by atoms with Gasteiger partial charge in [0.1, 0.15) is 5.75 Å². The molecule has 0 aliphatic carbocycles. The predicted molar refractivity (Wildman–Crippen MR) is 156 cm³/mol. The van der Waals surface area contributed by atoms with Gasteiger partial charge in [0.05, 0.1) is 36.7 Å². The van der Waals surface area contributed by atoms with Gasteiger partial charge < -0.3 is 20.5 Å². The van der Waals surface area contributed by atoms with Gasteiger partial charge in [0, 0.05) is 26.6 Å². The maximum absolute atomic E-state index is 13.5. The Labute approximate surface area is 238 Å². The zero-order valence-corrected chi connectivity index (χ0v) is 24.7. The van der Waals surface area contributed by atoms with E-state index in [-0.39, 0.29) is 24.6 Å². The normalized spacial score (nSPS) is 13.9. The standard InChI is InChI=1S/C29H44N4O6S/c1-21(2)13-14-40(37,38)20-24(17-28(35)33(3)30)29(36)32-26(16-22-9-6-5-7-10-22)27(34)19-31-18-23-11-8-12-25(15-23)39-4/h5-12,15,21,24,26-27,31,34H,13-14,16-20,30H2,1-4H3,(H,32,36)/t24?,26-,27+/m0/s1. The first-order valence-electron chi connectivity index (χ1n) is 13.5. The molecule has 0 fully saturated rings. The molecule has 11 heteroatoms. The zero-order valence-electron chi connectivity index (χ0n) is 23.9. The predicted octanol–water partition coefficient (Wildman–Crippen LogP) is 1.67. The summed E-state index contributed by atoms with van der Waals surface area (Å²) in [4.78, 5) is 25.9. The summed E-state index contributed by atoms with van der Waals surface area (Å²) in [6, 6.07) is 16.2. The number of hydrazine groups is 1. The van der Waals surface area contributed by atoms with Crippen LogP contribution in [0.4, 0.5) is 0 Å². The average Bonchev–Trinajstić information content (AvgIpc) is 2.91. The lowest BCUT2D eigenvalue weighted by molar-refractivity contribution is -0.135. The van der Waals surface area contributed by atoms with Gasteiger partial charge in [-0.2, -0.15) is 0 Å². The monoisotopic (exact) mass is 576 g/mol. The van der Waals surface area contributed by atoms with Crippen LogP contribution in [-0.4, -0.2) is 74.7 Å². The van der Waals surface area contributed by atoms with E-state index in [4.69, 9.17) is 10.6 Å². The van der Waals surface area contributed by atoms with E-state index < -0.39 is 45.5 Å². The third-order valence-corrected chi connectivity index (χ3v) is 8.32. The van der Waals surface area contributed by atoms with Gasteiger partial charge in [-0.25, -0.2) is 14.3 Å². The molecule has 0 saturated carbocycles. The van der Waals surface area contributed by atoms with Crippen molar-refractivity contribution in [1.29, 1.82) is 0 Å². The number of sulfone groups is 1. The lowest BCUT2D eigenvalue weighted by Gasteiger charge is -2.27. The molecule has 40 heavy (non-hydrogen) atoms. The quantitative estimate of drug-likeness (QED) is 0.126. The SMILES string of the molecule is COc1cccc(CNC[C@@H](O)[C@H](Cc2ccccc2)NC(=O)C(CC(=O)N(C)N)CS(=O)(=O)CCC(C)C)c1. The van der Waals surface area contributed by atoms with Gasteiger partial charge in [-0.05, 0) is 42.0 Å². The van der Waals surface area contributed by atoms with Crippen molar-refractivity contribution in [2.24, 2.45) is 17.7 Å². The molecule has 2 aromatic carbocycles. The fourth-order valence-electron chi connectivity index (χ4n) is 4.13. The van der Waals surface area contributed by atoms with E-state index in [1.807, 2.05) is 68.4 Å². The van der Waals surface area contributed by atoms with Crippen LogP contribution >= 0.6 is 0 Å². The Kier molecular flexibility index (Phi) is 13.6. The summed E-state index contributed by atoms with van der Waals surface area (Å²) in [6.45, 7) is 4.47. The van der Waals surface area contributed by atoms with Crippen LogP contribution in [0.2, 0.25) is 0 Å². The van der Waals surface area contributed by atoms with Crippen LogP contribution in [0.3, 0.4) is 0 Å². The van der Waals surface area contributed by atoms with E-state index in [2.05, 4.69) is 10.6 Å². The molecule has 2 rings (SSSR count). The number of carbonyl (C=O) groups is 2. The van der Waals surface area contributed by atoms with Gasteiger partial charge >= 0.3 is 0 Å². The lowest BCUT2D eigenvalue weighted by Crippen LogP contribution is -2.51. The second-order valence-electron chi connectivity index (χ2n) is 10.6. The number of amides is 2. The fraction of sp³-hybridized carbons (Fsp3) is 0.517. The molecule has 2 amide bonds. The second kappa shape index (κ2) is 16.3. The molecule has 2 aromatic rings. The van der Waals surface area contributed by atoms with Crippen molar-refractivity contribution in [2.75, 3.05) is 32.2 Å². The fourth-order valence-corrected chi connectivity index (χ4v) is 6.01. The Hall–Kier alpha value is -2.99. The summed E-state index contributed by atoms with van der Waals surface area (Å²) < 4.78 is 30.9. The number of carbonyl (C=O) groups excluding carboxylic acids is 2. The topological polar surface area (TPSA) is 151 Å². The average molecular weight is 577 g/mol. The van der Waals surface area contributed by atoms with Gasteiger partial charge in [-0.15, -0.1) is 0 Å². The van der Waals surface area contributed by atoms with E-state index in [0.717, 1.165) is 21.9 Å². The first kappa shape index (κ1) is 33.2. The minimum absolute atomic E-state index is 0.0780. The Morgan fingerprint density at radius 2 is 1.75 bits per heavy atom. The maximum Gasteiger partial charge on any atom is 0.237 e. The number of nitrogens with two attached hydrogens (primary N) is 1. The highest BCUT2D eigenvalue weighted by Gasteiger charge is 2.31. The van der Waals surface area contributed by atoms with Crippen LogP contribution in [0.15, 0.2) is 54.6 Å². The number of benzene rings is 2. The molecule has 0 aliphatic heterocycles. The maximum atomic E-state index is 13.5. The minimum atomic E-state index is -3.62. The molecule has 0 heterocycles. The molecule has 0 aromatic heterocycles. The first-order chi connectivity index (χ1) is 18.9. The summed E-state index contributed by atoms with van der Waals surface area (Å²) in [6.07, 6.45) is -0.593. The van der Waals surface area contributed by atoms with Gasteiger partial charge in [-0.1, -0.05) is 56.3 Å². The Morgan fingerprint density at radius 3 is 2.38 bits per heavy atom. The zero-order chi connectivity index (χ0) is 29.7. The smallest absolute Gasteiger partial charge is 0.237 e. The lowest BCUT2D eigenvalue weighted by atomic mass is 9.99. The second-order valence-corrected chi connectivity index (χ2v) is 12.8. The van der Waals surface area contributed by atoms with Crippen LogP contribution in [0, 0.1) is 11.8 Å². The molecule has 0 aliphatic rings. The van der Waals surface area contributed by atoms with Crippen LogP contribution < -0.4 is 21.2 Å². The largest absolute Gasteiger partial charge is 0.497 e. The number of aliphatic hydroxyl groups excluding tert-OH is 1. The molecule has 1 unspecified atom stereocenters. The molecule has 3 atom stereocenters. The molecule has 5 N–H and O–H groups in total. The molecule has 10 nitrogen and oxygen atoms in total. The number of hydrogen-bond donors (Lipinski definition) is 4. The number of hydrogen-bond acceptors (Lipinski definition) is 8. The Bertz CT molecular complexity index is 1170. The van der Waals surface area contributed by atoms with Gasteiger partial charge in [0.15, 0.2) is 9.84 Å². The molecule has 0 bridgehead atoms. The highest BCUT2D eigenvalue weighted by atomic mass is 32.2. The molecule has 0 saturated heterocycles. The Balaban J connectivity index is 2.18. The summed E-state index contributed by atoms with van der Waals surface area (Å²) in [5.41, 5.74) is 1.85.